The maximum Gasteiger partial charge on any atom is 0.126 e. The predicted molar refractivity (Wildman–Crippen MR) is 89.1 cm³/mol. The number of hydrogen-bond donors (Lipinski definition) is 0. The van der Waals surface area contributed by atoms with E-state index in [1.807, 2.05) is 5.51 Å². The number of nitrogens with zero attached hydrogens (tertiary/aromatic N) is 4. The van der Waals surface area contributed by atoms with Crippen LogP contribution in [0.3, 0.4) is 0 Å². The van der Waals surface area contributed by atoms with Crippen LogP contribution < -0.4 is 0 Å². The number of fused-ring (bicyclic) bond motifs is 1. The molecule has 2 aromatic heterocycles. The SMILES string of the molecule is Cc1ncsc1CN1CCC[C@H]1c1nc2c(n1C)CCCC2. The molecular weight excluding hydrogens is 292 g/mol. The van der Waals surface area contributed by atoms with Gasteiger partial charge >= 0.3 is 0 Å². The Kier molecular flexibility index (Phi) is 3.78. The van der Waals surface area contributed by atoms with Crippen LogP contribution in [-0.2, 0) is 26.4 Å². The molecule has 0 aromatic carbocycles. The van der Waals surface area contributed by atoms with E-state index in [-0.39, 0.29) is 0 Å². The molecule has 1 aliphatic heterocycles. The lowest BCUT2D eigenvalue weighted by Crippen LogP contribution is -2.25. The van der Waals surface area contributed by atoms with E-state index in [0.29, 0.717) is 6.04 Å². The van der Waals surface area contributed by atoms with E-state index in [4.69, 9.17) is 4.98 Å². The monoisotopic (exact) mass is 316 g/mol. The molecule has 22 heavy (non-hydrogen) atoms. The number of likely N-dealkylation sites (tertiary alicyclic amines) is 1. The van der Waals surface area contributed by atoms with Crippen LogP contribution in [0, 0.1) is 6.92 Å². The van der Waals surface area contributed by atoms with Crippen molar-refractivity contribution in [3.8, 4) is 0 Å². The van der Waals surface area contributed by atoms with Crippen LogP contribution in [0.1, 0.15) is 59.5 Å². The van der Waals surface area contributed by atoms with Crippen LogP contribution in [-0.4, -0.2) is 26.0 Å². The van der Waals surface area contributed by atoms with Gasteiger partial charge in [0.1, 0.15) is 5.82 Å². The highest BCUT2D eigenvalue weighted by Crippen LogP contribution is 2.35. The van der Waals surface area contributed by atoms with Gasteiger partial charge in [0.25, 0.3) is 0 Å². The van der Waals surface area contributed by atoms with E-state index < -0.39 is 0 Å². The first-order valence-corrected chi connectivity index (χ1v) is 9.29. The molecule has 1 fully saturated rings. The summed E-state index contributed by atoms with van der Waals surface area (Å²) in [5.41, 5.74) is 6.01. The summed E-state index contributed by atoms with van der Waals surface area (Å²) in [7, 11) is 2.22. The Morgan fingerprint density at radius 3 is 2.91 bits per heavy atom. The number of imidazole rings is 1. The summed E-state index contributed by atoms with van der Waals surface area (Å²) in [4.78, 5) is 13.5. The highest BCUT2D eigenvalue weighted by molar-refractivity contribution is 7.09. The Balaban J connectivity index is 1.61. The second-order valence-electron chi connectivity index (χ2n) is 6.62. The van der Waals surface area contributed by atoms with Crippen LogP contribution in [0.25, 0.3) is 0 Å². The second-order valence-corrected chi connectivity index (χ2v) is 7.56. The number of aromatic nitrogens is 3. The average molecular weight is 316 g/mol. The first-order valence-electron chi connectivity index (χ1n) is 8.41. The largest absolute Gasteiger partial charge is 0.334 e. The first kappa shape index (κ1) is 14.4. The van der Waals surface area contributed by atoms with Crippen LogP contribution in [0.15, 0.2) is 5.51 Å². The molecule has 0 spiro atoms. The zero-order valence-electron chi connectivity index (χ0n) is 13.5. The van der Waals surface area contributed by atoms with Gasteiger partial charge < -0.3 is 4.57 Å². The fourth-order valence-electron chi connectivity index (χ4n) is 3.98. The molecule has 0 unspecified atom stereocenters. The van der Waals surface area contributed by atoms with Crippen LogP contribution in [0.4, 0.5) is 0 Å². The van der Waals surface area contributed by atoms with E-state index in [1.165, 1.54) is 72.9 Å². The number of aryl methyl sites for hydroxylation is 2. The van der Waals surface area contributed by atoms with Crippen molar-refractivity contribution in [2.24, 2.45) is 7.05 Å². The van der Waals surface area contributed by atoms with Crippen molar-refractivity contribution in [1.29, 1.82) is 0 Å². The molecule has 118 valence electrons. The predicted octanol–water partition coefficient (Wildman–Crippen LogP) is 3.40. The van der Waals surface area contributed by atoms with E-state index in [1.54, 1.807) is 11.3 Å². The first-order chi connectivity index (χ1) is 10.7. The second kappa shape index (κ2) is 5.78. The van der Waals surface area contributed by atoms with Gasteiger partial charge in [-0.05, 0) is 52.0 Å². The highest BCUT2D eigenvalue weighted by Gasteiger charge is 2.31. The molecule has 5 heteroatoms. The molecule has 1 saturated heterocycles. The van der Waals surface area contributed by atoms with Gasteiger partial charge in [0.15, 0.2) is 0 Å². The fraction of sp³-hybridized carbons (Fsp3) is 0.647. The van der Waals surface area contributed by atoms with E-state index in [2.05, 4.69) is 28.4 Å². The summed E-state index contributed by atoms with van der Waals surface area (Å²) in [5, 5.41) is 0. The van der Waals surface area contributed by atoms with E-state index >= 15 is 0 Å². The van der Waals surface area contributed by atoms with Crippen molar-refractivity contribution in [3.05, 3.63) is 33.3 Å². The zero-order chi connectivity index (χ0) is 15.1. The summed E-state index contributed by atoms with van der Waals surface area (Å²) in [5.74, 6) is 1.30. The number of hydrogen-bond acceptors (Lipinski definition) is 4. The lowest BCUT2D eigenvalue weighted by atomic mass is 10.0. The summed E-state index contributed by atoms with van der Waals surface area (Å²) in [6.07, 6.45) is 7.52. The zero-order valence-corrected chi connectivity index (χ0v) is 14.3. The molecule has 0 radical (unpaired) electrons. The maximum absolute atomic E-state index is 5.04. The summed E-state index contributed by atoms with van der Waals surface area (Å²) in [6.45, 7) is 4.33. The minimum Gasteiger partial charge on any atom is -0.334 e. The van der Waals surface area contributed by atoms with Crippen molar-refractivity contribution in [3.63, 3.8) is 0 Å². The number of rotatable bonds is 3. The van der Waals surface area contributed by atoms with Gasteiger partial charge in [-0.15, -0.1) is 11.3 Å². The molecule has 0 bridgehead atoms. The molecule has 0 N–H and O–H groups in total. The van der Waals surface area contributed by atoms with E-state index in [0.717, 1.165) is 6.54 Å². The topological polar surface area (TPSA) is 34.0 Å². The molecule has 4 nitrogen and oxygen atoms in total. The number of thiazole rings is 1. The summed E-state index contributed by atoms with van der Waals surface area (Å²) in [6, 6.07) is 0.483. The van der Waals surface area contributed by atoms with Gasteiger partial charge in [-0.3, -0.25) is 4.90 Å². The van der Waals surface area contributed by atoms with Crippen LogP contribution in [0.2, 0.25) is 0 Å². The standard InChI is InChI=1S/C17H24N4S/c1-12-16(22-11-18-12)10-21-9-5-8-15(21)17-19-13-6-3-4-7-14(13)20(17)2/h11,15H,3-10H2,1-2H3/t15-/m0/s1. The highest BCUT2D eigenvalue weighted by atomic mass is 32.1. The van der Waals surface area contributed by atoms with E-state index in [9.17, 15) is 0 Å². The lowest BCUT2D eigenvalue weighted by Gasteiger charge is -2.24. The summed E-state index contributed by atoms with van der Waals surface area (Å²) < 4.78 is 2.40. The minimum absolute atomic E-state index is 0.483. The van der Waals surface area contributed by atoms with Crippen molar-refractivity contribution < 1.29 is 0 Å². The fourth-order valence-corrected chi connectivity index (χ4v) is 4.78. The smallest absolute Gasteiger partial charge is 0.126 e. The Morgan fingerprint density at radius 1 is 1.27 bits per heavy atom. The average Bonchev–Trinajstić information content (AvgIpc) is 3.21. The third-order valence-electron chi connectivity index (χ3n) is 5.26. The molecule has 3 heterocycles. The Hall–Kier alpha value is -1.20. The van der Waals surface area contributed by atoms with Crippen LogP contribution >= 0.6 is 11.3 Å². The third kappa shape index (κ3) is 2.40. The van der Waals surface area contributed by atoms with Crippen molar-refractivity contribution in [1.82, 2.24) is 19.4 Å². The molecule has 4 rings (SSSR count). The molecule has 0 amide bonds. The molecule has 0 saturated carbocycles. The quantitative estimate of drug-likeness (QED) is 0.870. The van der Waals surface area contributed by atoms with Gasteiger partial charge in [0.2, 0.25) is 0 Å². The van der Waals surface area contributed by atoms with Crippen LogP contribution in [0.5, 0.6) is 0 Å². The Bertz CT molecular complexity index is 672. The molecule has 2 aromatic rings. The van der Waals surface area contributed by atoms with Crippen molar-refractivity contribution in [2.45, 2.75) is 58.0 Å². The molecular formula is C17H24N4S. The Morgan fingerprint density at radius 2 is 2.14 bits per heavy atom. The molecule has 1 atom stereocenters. The van der Waals surface area contributed by atoms with Crippen molar-refractivity contribution in [2.75, 3.05) is 6.54 Å². The lowest BCUT2D eigenvalue weighted by molar-refractivity contribution is 0.237. The van der Waals surface area contributed by atoms with Gasteiger partial charge in [0, 0.05) is 24.2 Å². The van der Waals surface area contributed by atoms with Gasteiger partial charge in [-0.25, -0.2) is 9.97 Å². The van der Waals surface area contributed by atoms with Crippen molar-refractivity contribution >= 4 is 11.3 Å². The summed E-state index contributed by atoms with van der Waals surface area (Å²) >= 11 is 1.79. The minimum atomic E-state index is 0.483. The Labute approximate surface area is 136 Å². The van der Waals surface area contributed by atoms with Gasteiger partial charge in [0.05, 0.1) is 22.9 Å². The third-order valence-corrected chi connectivity index (χ3v) is 6.18. The normalized spacial score (nSPS) is 22.2. The van der Waals surface area contributed by atoms with Gasteiger partial charge in [-0.1, -0.05) is 0 Å². The molecule has 2 aliphatic rings. The maximum atomic E-state index is 5.04. The van der Waals surface area contributed by atoms with Gasteiger partial charge in [-0.2, -0.15) is 0 Å². The molecule has 1 aliphatic carbocycles.